The second kappa shape index (κ2) is 9.29. The first-order valence-electron chi connectivity index (χ1n) is 8.88. The lowest BCUT2D eigenvalue weighted by atomic mass is 10.2. The summed E-state index contributed by atoms with van der Waals surface area (Å²) in [7, 11) is 0. The van der Waals surface area contributed by atoms with Gasteiger partial charge < -0.3 is 10.2 Å². The van der Waals surface area contributed by atoms with Crippen LogP contribution in [-0.2, 0) is 12.6 Å². The zero-order chi connectivity index (χ0) is 20.9. The second-order valence-corrected chi connectivity index (χ2v) is 7.29. The average molecular weight is 431 g/mol. The van der Waals surface area contributed by atoms with Crippen molar-refractivity contribution in [1.29, 1.82) is 0 Å². The molecule has 5 nitrogen and oxygen atoms in total. The third kappa shape index (κ3) is 6.23. The zero-order valence-electron chi connectivity index (χ0n) is 15.6. The van der Waals surface area contributed by atoms with Gasteiger partial charge in [-0.05, 0) is 13.8 Å². The maximum absolute atomic E-state index is 12.8. The third-order valence-corrected chi connectivity index (χ3v) is 5.31. The Balaban J connectivity index is 1.91. The van der Waals surface area contributed by atoms with Crippen LogP contribution in [0.5, 0.6) is 0 Å². The van der Waals surface area contributed by atoms with Crippen molar-refractivity contribution in [2.24, 2.45) is 4.99 Å². The summed E-state index contributed by atoms with van der Waals surface area (Å²) < 4.78 is 76.3. The molecule has 1 aliphatic rings. The normalized spacial score (nSPS) is 18.4. The first-order valence-corrected chi connectivity index (χ1v) is 9.76. The summed E-state index contributed by atoms with van der Waals surface area (Å²) in [6, 6.07) is -1.50. The van der Waals surface area contributed by atoms with E-state index in [0.717, 1.165) is 23.6 Å². The van der Waals surface area contributed by atoms with Gasteiger partial charge in [0.2, 0.25) is 0 Å². The Bertz CT molecular complexity index is 649. The van der Waals surface area contributed by atoms with Crippen molar-refractivity contribution in [3.63, 3.8) is 0 Å². The highest BCUT2D eigenvalue weighted by molar-refractivity contribution is 7.09. The van der Waals surface area contributed by atoms with Crippen molar-refractivity contribution in [2.45, 2.75) is 38.7 Å². The lowest BCUT2D eigenvalue weighted by molar-refractivity contribution is -0.181. The van der Waals surface area contributed by atoms with Crippen LogP contribution in [0.25, 0.3) is 0 Å². The van der Waals surface area contributed by atoms with Gasteiger partial charge in [-0.3, -0.25) is 9.89 Å². The number of aliphatic imine (C=N–C) groups is 1. The van der Waals surface area contributed by atoms with Crippen LogP contribution in [-0.4, -0.2) is 72.2 Å². The minimum atomic E-state index is -4.46. The molecular formula is C16H23F6N5S. The molecule has 0 aromatic carbocycles. The predicted octanol–water partition coefficient (Wildman–Crippen LogP) is 3.24. The van der Waals surface area contributed by atoms with Crippen molar-refractivity contribution in [3.05, 3.63) is 16.1 Å². The van der Waals surface area contributed by atoms with Crippen LogP contribution < -0.4 is 5.32 Å². The number of nitrogens with zero attached hydrogens (tertiary/aromatic N) is 4. The van der Waals surface area contributed by atoms with Crippen LogP contribution in [0.4, 0.5) is 26.3 Å². The lowest BCUT2D eigenvalue weighted by Crippen LogP contribution is -2.56. The SMILES string of the molecule is CCNC(=NCCc1nc(C(F)(F)F)cs1)N1CCN(C(C)C(F)(F)F)CC1. The molecule has 0 aliphatic carbocycles. The monoisotopic (exact) mass is 431 g/mol. The van der Waals surface area contributed by atoms with E-state index >= 15 is 0 Å². The molecule has 1 fully saturated rings. The van der Waals surface area contributed by atoms with Crippen LogP contribution in [0.15, 0.2) is 10.4 Å². The minimum absolute atomic E-state index is 0.242. The Hall–Kier alpha value is -1.56. The van der Waals surface area contributed by atoms with E-state index in [9.17, 15) is 26.3 Å². The van der Waals surface area contributed by atoms with Gasteiger partial charge in [0.1, 0.15) is 6.04 Å². The quantitative estimate of drug-likeness (QED) is 0.442. The molecule has 0 spiro atoms. The highest BCUT2D eigenvalue weighted by Gasteiger charge is 2.41. The fourth-order valence-electron chi connectivity index (χ4n) is 2.77. The molecule has 160 valence electrons. The first-order chi connectivity index (χ1) is 13.0. The van der Waals surface area contributed by atoms with E-state index in [1.165, 1.54) is 4.90 Å². The molecule has 2 heterocycles. The third-order valence-electron chi connectivity index (χ3n) is 4.40. The molecule has 0 saturated carbocycles. The molecule has 12 heteroatoms. The molecule has 1 atom stereocenters. The molecular weight excluding hydrogens is 408 g/mol. The van der Waals surface area contributed by atoms with Crippen LogP contribution in [0.3, 0.4) is 0 Å². The average Bonchev–Trinajstić information content (AvgIpc) is 3.09. The van der Waals surface area contributed by atoms with Crippen molar-refractivity contribution >= 4 is 17.3 Å². The van der Waals surface area contributed by atoms with Crippen molar-refractivity contribution in [3.8, 4) is 0 Å². The van der Waals surface area contributed by atoms with Gasteiger partial charge in [0.15, 0.2) is 11.7 Å². The summed E-state index contributed by atoms with van der Waals surface area (Å²) in [5.74, 6) is 0.550. The number of piperazine rings is 1. The second-order valence-electron chi connectivity index (χ2n) is 6.35. The van der Waals surface area contributed by atoms with Gasteiger partial charge in [0, 0.05) is 51.1 Å². The number of rotatable bonds is 5. The van der Waals surface area contributed by atoms with E-state index in [4.69, 9.17) is 0 Å². The molecule has 2 rings (SSSR count). The Morgan fingerprint density at radius 2 is 1.86 bits per heavy atom. The van der Waals surface area contributed by atoms with E-state index < -0.39 is 24.1 Å². The van der Waals surface area contributed by atoms with E-state index in [1.54, 1.807) is 0 Å². The maximum atomic E-state index is 12.8. The largest absolute Gasteiger partial charge is 0.434 e. The first kappa shape index (κ1) is 22.7. The van der Waals surface area contributed by atoms with E-state index in [0.29, 0.717) is 30.6 Å². The van der Waals surface area contributed by atoms with Gasteiger partial charge in [0.05, 0.1) is 5.01 Å². The number of hydrogen-bond donors (Lipinski definition) is 1. The van der Waals surface area contributed by atoms with Crippen molar-refractivity contribution in [1.82, 2.24) is 20.1 Å². The Morgan fingerprint density at radius 1 is 1.21 bits per heavy atom. The number of guanidine groups is 1. The topological polar surface area (TPSA) is 43.8 Å². The molecule has 0 bridgehead atoms. The number of alkyl halides is 6. The number of aromatic nitrogens is 1. The molecule has 1 saturated heterocycles. The molecule has 1 aliphatic heterocycles. The summed E-state index contributed by atoms with van der Waals surface area (Å²) in [5, 5.41) is 4.40. The highest BCUT2D eigenvalue weighted by Crippen LogP contribution is 2.30. The van der Waals surface area contributed by atoms with Crippen LogP contribution >= 0.6 is 11.3 Å². The molecule has 28 heavy (non-hydrogen) atoms. The lowest BCUT2D eigenvalue weighted by Gasteiger charge is -2.39. The fourth-order valence-corrected chi connectivity index (χ4v) is 3.56. The number of thiazole rings is 1. The molecule has 0 amide bonds. The summed E-state index contributed by atoms with van der Waals surface area (Å²) in [6.45, 7) is 5.13. The van der Waals surface area contributed by atoms with Crippen molar-refractivity contribution < 1.29 is 26.3 Å². The van der Waals surface area contributed by atoms with Gasteiger partial charge in [-0.25, -0.2) is 4.98 Å². The van der Waals surface area contributed by atoms with E-state index in [-0.39, 0.29) is 26.1 Å². The minimum Gasteiger partial charge on any atom is -0.357 e. The van der Waals surface area contributed by atoms with E-state index in [2.05, 4.69) is 15.3 Å². The van der Waals surface area contributed by atoms with Crippen LogP contribution in [0.1, 0.15) is 24.5 Å². The van der Waals surface area contributed by atoms with Gasteiger partial charge in [-0.15, -0.1) is 11.3 Å². The predicted molar refractivity (Wildman–Crippen MR) is 95.5 cm³/mol. The van der Waals surface area contributed by atoms with Crippen LogP contribution in [0, 0.1) is 0 Å². The Labute approximate surface area is 163 Å². The fraction of sp³-hybridized carbons (Fsp3) is 0.750. The Kier molecular flexibility index (Phi) is 7.54. The number of hydrogen-bond acceptors (Lipinski definition) is 4. The van der Waals surface area contributed by atoms with Gasteiger partial charge >= 0.3 is 12.4 Å². The van der Waals surface area contributed by atoms with Gasteiger partial charge in [-0.2, -0.15) is 26.3 Å². The molecule has 1 aromatic rings. The Morgan fingerprint density at radius 3 is 2.36 bits per heavy atom. The summed E-state index contributed by atoms with van der Waals surface area (Å²) in [6.07, 6.45) is -8.45. The molecule has 0 radical (unpaired) electrons. The standard InChI is InChI=1S/C16H23F6N5S/c1-3-23-14(24-5-4-13-25-12(10-28-13)16(20,21)22)27-8-6-26(7-9-27)11(2)15(17,18)19/h10-11H,3-9H2,1-2H3,(H,23,24). The van der Waals surface area contributed by atoms with Gasteiger partial charge in [0.25, 0.3) is 0 Å². The maximum Gasteiger partial charge on any atom is 0.434 e. The van der Waals surface area contributed by atoms with Crippen molar-refractivity contribution in [2.75, 3.05) is 39.3 Å². The smallest absolute Gasteiger partial charge is 0.357 e. The molecule has 1 N–H and O–H groups in total. The summed E-state index contributed by atoms with van der Waals surface area (Å²) in [4.78, 5) is 11.2. The summed E-state index contributed by atoms with van der Waals surface area (Å²) in [5.41, 5.74) is -0.904. The molecule has 1 unspecified atom stereocenters. The molecule has 1 aromatic heterocycles. The summed E-state index contributed by atoms with van der Waals surface area (Å²) >= 11 is 0.935. The van der Waals surface area contributed by atoms with Gasteiger partial charge in [-0.1, -0.05) is 0 Å². The zero-order valence-corrected chi connectivity index (χ0v) is 16.4. The van der Waals surface area contributed by atoms with E-state index in [1.807, 2.05) is 11.8 Å². The number of halogens is 6. The highest BCUT2D eigenvalue weighted by atomic mass is 32.1. The number of nitrogens with one attached hydrogen (secondary N) is 1. The van der Waals surface area contributed by atoms with Crippen LogP contribution in [0.2, 0.25) is 0 Å².